The number of pyridine rings is 1. The molecule has 1 aromatic rings. The van der Waals surface area contributed by atoms with Gasteiger partial charge in [0, 0.05) is 17.3 Å². The maximum absolute atomic E-state index is 12.1. The van der Waals surface area contributed by atoms with Gasteiger partial charge in [0.05, 0.1) is 11.8 Å². The van der Waals surface area contributed by atoms with Crippen molar-refractivity contribution in [2.45, 2.75) is 18.3 Å². The van der Waals surface area contributed by atoms with Gasteiger partial charge >= 0.3 is 0 Å². The summed E-state index contributed by atoms with van der Waals surface area (Å²) < 4.78 is 0. The van der Waals surface area contributed by atoms with E-state index in [1.165, 1.54) is 6.20 Å². The van der Waals surface area contributed by atoms with Gasteiger partial charge in [-0.3, -0.25) is 14.4 Å². The summed E-state index contributed by atoms with van der Waals surface area (Å²) in [7, 11) is 0. The Hall–Kier alpha value is -2.96. The van der Waals surface area contributed by atoms with Gasteiger partial charge in [-0.25, -0.2) is 4.98 Å². The van der Waals surface area contributed by atoms with Crippen molar-refractivity contribution in [1.82, 2.24) is 4.98 Å². The normalized spacial score (nSPS) is 22.7. The molecule has 0 saturated heterocycles. The van der Waals surface area contributed by atoms with Crippen molar-refractivity contribution in [2.24, 2.45) is 11.5 Å². The first-order chi connectivity index (χ1) is 10.4. The third kappa shape index (κ3) is 2.07. The molecule has 1 aliphatic heterocycles. The molecule has 7 heteroatoms. The van der Waals surface area contributed by atoms with E-state index in [9.17, 15) is 14.4 Å². The quantitative estimate of drug-likeness (QED) is 0.705. The van der Waals surface area contributed by atoms with Crippen LogP contribution in [0.1, 0.15) is 17.5 Å². The summed E-state index contributed by atoms with van der Waals surface area (Å²) in [5.41, 5.74) is 11.3. The van der Waals surface area contributed by atoms with Crippen LogP contribution >= 0.6 is 0 Å². The molecule has 0 fully saturated rings. The van der Waals surface area contributed by atoms with Crippen LogP contribution in [-0.2, 0) is 26.2 Å². The van der Waals surface area contributed by atoms with Gasteiger partial charge in [-0.2, -0.15) is 0 Å². The summed E-state index contributed by atoms with van der Waals surface area (Å²) in [5, 5.41) is 2.63. The Kier molecular flexibility index (Phi) is 3.05. The average Bonchev–Trinajstić information content (AvgIpc) is 2.86. The second kappa shape index (κ2) is 4.80. The number of rotatable bonds is 3. The number of hydrogen-bond acceptors (Lipinski definition) is 4. The minimum atomic E-state index is -1.19. The van der Waals surface area contributed by atoms with Crippen LogP contribution in [-0.4, -0.2) is 22.7 Å². The van der Waals surface area contributed by atoms with Gasteiger partial charge in [0.1, 0.15) is 5.82 Å². The average molecular weight is 298 g/mol. The summed E-state index contributed by atoms with van der Waals surface area (Å²) in [5.74, 6) is -0.862. The molecule has 5 N–H and O–H groups in total. The largest absolute Gasteiger partial charge is 0.369 e. The van der Waals surface area contributed by atoms with Crippen LogP contribution in [0, 0.1) is 0 Å². The van der Waals surface area contributed by atoms with Crippen LogP contribution in [0.3, 0.4) is 0 Å². The minimum absolute atomic E-state index is 0.0794. The number of nitrogens with two attached hydrogens (primary N) is 2. The van der Waals surface area contributed by atoms with Crippen LogP contribution in [0.2, 0.25) is 0 Å². The lowest BCUT2D eigenvalue weighted by Gasteiger charge is -2.30. The lowest BCUT2D eigenvalue weighted by atomic mass is 9.72. The molecule has 7 nitrogen and oxygen atoms in total. The SMILES string of the molecule is NC(=O)C1=CC=CC(C(N)=O)(c2cnc3c(c2)CC(=O)N3)C1. The molecule has 3 rings (SSSR count). The van der Waals surface area contributed by atoms with E-state index in [0.717, 1.165) is 0 Å². The fraction of sp³-hybridized carbons (Fsp3) is 0.200. The molecule has 2 heterocycles. The molecule has 112 valence electrons. The van der Waals surface area contributed by atoms with Gasteiger partial charge in [-0.05, 0) is 18.1 Å². The zero-order valence-electron chi connectivity index (χ0n) is 11.6. The van der Waals surface area contributed by atoms with Crippen molar-refractivity contribution in [2.75, 3.05) is 5.32 Å². The number of nitrogens with one attached hydrogen (secondary N) is 1. The van der Waals surface area contributed by atoms with Crippen LogP contribution in [0.5, 0.6) is 0 Å². The topological polar surface area (TPSA) is 128 Å². The predicted octanol–water partition coefficient (Wildman–Crippen LogP) is -0.329. The number of nitrogens with zero attached hydrogens (tertiary/aromatic N) is 1. The second-order valence-corrected chi connectivity index (χ2v) is 5.38. The Balaban J connectivity index is 2.07. The molecule has 0 spiro atoms. The van der Waals surface area contributed by atoms with Gasteiger partial charge in [0.2, 0.25) is 17.7 Å². The molecule has 1 aliphatic carbocycles. The van der Waals surface area contributed by atoms with E-state index in [1.54, 1.807) is 24.3 Å². The molecule has 3 amide bonds. The van der Waals surface area contributed by atoms with E-state index in [2.05, 4.69) is 10.3 Å². The Morgan fingerprint density at radius 3 is 2.77 bits per heavy atom. The Morgan fingerprint density at radius 2 is 2.09 bits per heavy atom. The number of hydrogen-bond donors (Lipinski definition) is 3. The number of amides is 3. The Bertz CT molecular complexity index is 766. The van der Waals surface area contributed by atoms with E-state index in [0.29, 0.717) is 22.5 Å². The van der Waals surface area contributed by atoms with Crippen LogP contribution in [0.15, 0.2) is 36.1 Å². The van der Waals surface area contributed by atoms with Gasteiger partial charge in [-0.1, -0.05) is 18.2 Å². The van der Waals surface area contributed by atoms with Crippen molar-refractivity contribution in [3.63, 3.8) is 0 Å². The summed E-state index contributed by atoms with van der Waals surface area (Å²) in [6.45, 7) is 0. The molecule has 1 aromatic heterocycles. The number of carbonyl (C=O) groups excluding carboxylic acids is 3. The molecule has 0 radical (unpaired) electrons. The van der Waals surface area contributed by atoms with E-state index in [-0.39, 0.29) is 18.7 Å². The van der Waals surface area contributed by atoms with Crippen molar-refractivity contribution < 1.29 is 14.4 Å². The molecule has 1 unspecified atom stereocenters. The number of primary amides is 2. The Morgan fingerprint density at radius 1 is 1.32 bits per heavy atom. The fourth-order valence-electron chi connectivity index (χ4n) is 2.78. The number of anilines is 1. The first kappa shape index (κ1) is 14.0. The molecule has 0 saturated carbocycles. The van der Waals surface area contributed by atoms with Crippen LogP contribution in [0.25, 0.3) is 0 Å². The minimum Gasteiger partial charge on any atom is -0.369 e. The molecular formula is C15H14N4O3. The number of fused-ring (bicyclic) bond motifs is 1. The molecule has 1 atom stereocenters. The van der Waals surface area contributed by atoms with Crippen LogP contribution < -0.4 is 16.8 Å². The van der Waals surface area contributed by atoms with Gasteiger partial charge in [-0.15, -0.1) is 0 Å². The summed E-state index contributed by atoms with van der Waals surface area (Å²) in [6, 6.07) is 1.72. The highest BCUT2D eigenvalue weighted by atomic mass is 16.2. The first-order valence-corrected chi connectivity index (χ1v) is 6.70. The smallest absolute Gasteiger partial charge is 0.244 e. The monoisotopic (exact) mass is 298 g/mol. The third-order valence-corrected chi connectivity index (χ3v) is 3.99. The Labute approximate surface area is 126 Å². The molecule has 2 aliphatic rings. The second-order valence-electron chi connectivity index (χ2n) is 5.38. The number of aromatic nitrogens is 1. The van der Waals surface area contributed by atoms with E-state index < -0.39 is 17.2 Å². The van der Waals surface area contributed by atoms with Crippen molar-refractivity contribution >= 4 is 23.5 Å². The molecular weight excluding hydrogens is 284 g/mol. The van der Waals surface area contributed by atoms with E-state index >= 15 is 0 Å². The lowest BCUT2D eigenvalue weighted by Crippen LogP contribution is -2.42. The maximum Gasteiger partial charge on any atom is 0.244 e. The molecule has 0 bridgehead atoms. The standard InChI is InChI=1S/C15H14N4O3/c16-12(21)8-2-1-3-15(6-8,14(17)22)10-4-9-5-11(20)19-13(9)18-7-10/h1-4,7H,5-6H2,(H2,16,21)(H2,17,22)(H,18,19,20). The predicted molar refractivity (Wildman–Crippen MR) is 78.5 cm³/mol. The summed E-state index contributed by atoms with van der Waals surface area (Å²) in [4.78, 5) is 39.1. The number of carbonyl (C=O) groups is 3. The lowest BCUT2D eigenvalue weighted by molar-refractivity contribution is -0.122. The number of allylic oxidation sites excluding steroid dienone is 2. The summed E-state index contributed by atoms with van der Waals surface area (Å²) >= 11 is 0. The van der Waals surface area contributed by atoms with Gasteiger partial charge in [0.25, 0.3) is 0 Å². The van der Waals surface area contributed by atoms with Crippen molar-refractivity contribution in [3.05, 3.63) is 47.2 Å². The van der Waals surface area contributed by atoms with Gasteiger partial charge < -0.3 is 16.8 Å². The van der Waals surface area contributed by atoms with Crippen LogP contribution in [0.4, 0.5) is 5.82 Å². The van der Waals surface area contributed by atoms with Crippen molar-refractivity contribution in [3.8, 4) is 0 Å². The summed E-state index contributed by atoms with van der Waals surface area (Å²) in [6.07, 6.45) is 6.56. The zero-order chi connectivity index (χ0) is 15.9. The van der Waals surface area contributed by atoms with E-state index in [1.807, 2.05) is 0 Å². The molecule has 22 heavy (non-hydrogen) atoms. The highest BCUT2D eigenvalue weighted by Gasteiger charge is 2.40. The highest BCUT2D eigenvalue weighted by molar-refractivity contribution is 5.99. The van der Waals surface area contributed by atoms with E-state index in [4.69, 9.17) is 11.5 Å². The van der Waals surface area contributed by atoms with Gasteiger partial charge in [0.15, 0.2) is 0 Å². The highest BCUT2D eigenvalue weighted by Crippen LogP contribution is 2.37. The zero-order valence-corrected chi connectivity index (χ0v) is 11.6. The van der Waals surface area contributed by atoms with Crippen molar-refractivity contribution in [1.29, 1.82) is 0 Å². The fourth-order valence-corrected chi connectivity index (χ4v) is 2.78. The first-order valence-electron chi connectivity index (χ1n) is 6.70. The maximum atomic E-state index is 12.1. The third-order valence-electron chi connectivity index (χ3n) is 3.99. The molecule has 0 aromatic carbocycles.